The molecule has 0 unspecified atom stereocenters. The molecule has 3 N–H and O–H groups in total. The van der Waals surface area contributed by atoms with Crippen molar-refractivity contribution in [3.05, 3.63) is 88.0 Å². The predicted octanol–water partition coefficient (Wildman–Crippen LogP) is 3.43. The number of hydrogen-bond donors (Lipinski definition) is 3. The fourth-order valence-corrected chi connectivity index (χ4v) is 3.25. The van der Waals surface area contributed by atoms with Gasteiger partial charge in [0, 0.05) is 22.4 Å². The first-order valence-corrected chi connectivity index (χ1v) is 8.53. The van der Waals surface area contributed by atoms with Gasteiger partial charge in [0.1, 0.15) is 11.5 Å². The summed E-state index contributed by atoms with van der Waals surface area (Å²) in [5.41, 5.74) is 1.24. The van der Waals surface area contributed by atoms with E-state index in [9.17, 15) is 24.6 Å². The molecule has 6 heteroatoms. The Morgan fingerprint density at radius 1 is 0.821 bits per heavy atom. The summed E-state index contributed by atoms with van der Waals surface area (Å²) in [5, 5.41) is 23.0. The average Bonchev–Trinajstić information content (AvgIpc) is 2.67. The molecule has 0 aromatic heterocycles. The van der Waals surface area contributed by atoms with Gasteiger partial charge in [-0.15, -0.1) is 0 Å². The van der Waals surface area contributed by atoms with Crippen molar-refractivity contribution < 1.29 is 24.6 Å². The van der Waals surface area contributed by atoms with E-state index >= 15 is 0 Å². The molecule has 0 aliphatic heterocycles. The van der Waals surface area contributed by atoms with Crippen LogP contribution in [0.3, 0.4) is 0 Å². The second-order valence-corrected chi connectivity index (χ2v) is 6.60. The van der Waals surface area contributed by atoms with Crippen molar-refractivity contribution in [1.82, 2.24) is 0 Å². The summed E-state index contributed by atoms with van der Waals surface area (Å²) in [6.07, 6.45) is 0. The number of benzene rings is 3. The number of carbonyl (C=O) groups is 3. The molecule has 0 bridgehead atoms. The highest BCUT2D eigenvalue weighted by Gasteiger charge is 2.35. The van der Waals surface area contributed by atoms with Crippen LogP contribution in [-0.2, 0) is 0 Å². The summed E-state index contributed by atoms with van der Waals surface area (Å²) in [7, 11) is 0. The number of aryl methyl sites for hydroxylation is 1. The van der Waals surface area contributed by atoms with Gasteiger partial charge in [0.15, 0.2) is 5.78 Å². The Hall–Kier alpha value is -3.93. The topological polar surface area (TPSA) is 104 Å². The highest BCUT2D eigenvalue weighted by Crippen LogP contribution is 2.37. The van der Waals surface area contributed by atoms with E-state index in [0.29, 0.717) is 5.69 Å². The predicted molar refractivity (Wildman–Crippen MR) is 102 cm³/mol. The Bertz CT molecular complexity index is 1160. The molecule has 0 heterocycles. The maximum atomic E-state index is 12.8. The lowest BCUT2D eigenvalue weighted by Crippen LogP contribution is -2.22. The first-order chi connectivity index (χ1) is 13.4. The lowest BCUT2D eigenvalue weighted by molar-refractivity contribution is 0.0972. The molecule has 0 atom stereocenters. The summed E-state index contributed by atoms with van der Waals surface area (Å²) in [4.78, 5) is 38.1. The molecule has 0 saturated carbocycles. The zero-order chi connectivity index (χ0) is 20.0. The molecule has 3 aromatic carbocycles. The third-order valence-electron chi connectivity index (χ3n) is 4.68. The van der Waals surface area contributed by atoms with Crippen molar-refractivity contribution in [1.29, 1.82) is 0 Å². The summed E-state index contributed by atoms with van der Waals surface area (Å²) in [5.74, 6) is -2.55. The molecule has 0 radical (unpaired) electrons. The largest absolute Gasteiger partial charge is 0.507 e. The molecule has 4 rings (SSSR count). The summed E-state index contributed by atoms with van der Waals surface area (Å²) < 4.78 is 0. The van der Waals surface area contributed by atoms with E-state index in [-0.39, 0.29) is 33.6 Å². The van der Waals surface area contributed by atoms with Gasteiger partial charge in [0.2, 0.25) is 5.78 Å². The van der Waals surface area contributed by atoms with Gasteiger partial charge in [-0.3, -0.25) is 14.4 Å². The quantitative estimate of drug-likeness (QED) is 0.499. The van der Waals surface area contributed by atoms with Crippen molar-refractivity contribution >= 4 is 23.2 Å². The molecule has 138 valence electrons. The third-order valence-corrected chi connectivity index (χ3v) is 4.68. The minimum atomic E-state index is -0.661. The Labute approximate surface area is 160 Å². The number of nitrogens with one attached hydrogen (secondary N) is 1. The lowest BCUT2D eigenvalue weighted by atomic mass is 9.82. The lowest BCUT2D eigenvalue weighted by Gasteiger charge is -2.20. The van der Waals surface area contributed by atoms with Crippen molar-refractivity contribution in [2.75, 3.05) is 5.32 Å². The Kier molecular flexibility index (Phi) is 3.96. The normalized spacial score (nSPS) is 12.3. The van der Waals surface area contributed by atoms with E-state index in [4.69, 9.17) is 0 Å². The number of fused-ring (bicyclic) bond motifs is 2. The number of amides is 1. The number of phenols is 2. The molecular formula is C22H15NO5. The highest BCUT2D eigenvalue weighted by molar-refractivity contribution is 6.30. The van der Waals surface area contributed by atoms with Gasteiger partial charge < -0.3 is 15.5 Å². The molecule has 0 saturated heterocycles. The van der Waals surface area contributed by atoms with Gasteiger partial charge in [-0.1, -0.05) is 29.8 Å². The Morgan fingerprint density at radius 2 is 1.50 bits per heavy atom. The zero-order valence-electron chi connectivity index (χ0n) is 14.8. The van der Waals surface area contributed by atoms with E-state index in [0.717, 1.165) is 11.6 Å². The molecule has 3 aromatic rings. The van der Waals surface area contributed by atoms with E-state index in [2.05, 4.69) is 5.32 Å². The van der Waals surface area contributed by atoms with E-state index in [1.54, 1.807) is 12.1 Å². The number of anilines is 1. The minimum Gasteiger partial charge on any atom is -0.507 e. The Morgan fingerprint density at radius 3 is 2.21 bits per heavy atom. The molecule has 0 fully saturated rings. The fraction of sp³-hybridized carbons (Fsp3) is 0.0455. The van der Waals surface area contributed by atoms with Crippen LogP contribution in [0.15, 0.2) is 54.6 Å². The maximum Gasteiger partial charge on any atom is 0.255 e. The average molecular weight is 373 g/mol. The van der Waals surface area contributed by atoms with Crippen LogP contribution in [0.4, 0.5) is 5.69 Å². The summed E-state index contributed by atoms with van der Waals surface area (Å²) in [6, 6.07) is 13.8. The second-order valence-electron chi connectivity index (χ2n) is 6.60. The van der Waals surface area contributed by atoms with Gasteiger partial charge >= 0.3 is 0 Å². The molecule has 28 heavy (non-hydrogen) atoms. The SMILES string of the molecule is Cc1ccc(NC(=O)c2cc(O)c3c(c2)C(=O)c2cccc(O)c2C3=O)cc1. The number of aromatic hydroxyl groups is 2. The molecule has 6 nitrogen and oxygen atoms in total. The number of hydrogen-bond acceptors (Lipinski definition) is 5. The van der Waals surface area contributed by atoms with Gasteiger partial charge in [0.05, 0.1) is 11.1 Å². The molecule has 0 spiro atoms. The van der Waals surface area contributed by atoms with Crippen LogP contribution in [0.1, 0.15) is 47.8 Å². The maximum absolute atomic E-state index is 12.8. The molecule has 1 aliphatic carbocycles. The zero-order valence-corrected chi connectivity index (χ0v) is 14.8. The van der Waals surface area contributed by atoms with Crippen LogP contribution in [0.25, 0.3) is 0 Å². The number of carbonyl (C=O) groups excluding carboxylic acids is 3. The van der Waals surface area contributed by atoms with Crippen molar-refractivity contribution in [3.8, 4) is 11.5 Å². The first-order valence-electron chi connectivity index (χ1n) is 8.53. The fourth-order valence-electron chi connectivity index (χ4n) is 3.25. The van der Waals surface area contributed by atoms with Gasteiger partial charge in [-0.2, -0.15) is 0 Å². The summed E-state index contributed by atoms with van der Waals surface area (Å²) in [6.45, 7) is 1.92. The van der Waals surface area contributed by atoms with Crippen LogP contribution in [0.2, 0.25) is 0 Å². The first kappa shape index (κ1) is 17.5. The third kappa shape index (κ3) is 2.72. The van der Waals surface area contributed by atoms with Gasteiger partial charge in [-0.25, -0.2) is 0 Å². The van der Waals surface area contributed by atoms with E-state index < -0.39 is 23.2 Å². The molecular weight excluding hydrogens is 358 g/mol. The van der Waals surface area contributed by atoms with Crippen LogP contribution in [0.5, 0.6) is 11.5 Å². The smallest absolute Gasteiger partial charge is 0.255 e. The Balaban J connectivity index is 1.76. The molecule has 1 amide bonds. The van der Waals surface area contributed by atoms with Crippen molar-refractivity contribution in [2.24, 2.45) is 0 Å². The summed E-state index contributed by atoms with van der Waals surface area (Å²) >= 11 is 0. The van der Waals surface area contributed by atoms with Gasteiger partial charge in [-0.05, 0) is 37.3 Å². The monoisotopic (exact) mass is 373 g/mol. The van der Waals surface area contributed by atoms with E-state index in [1.807, 2.05) is 19.1 Å². The second kappa shape index (κ2) is 6.35. The van der Waals surface area contributed by atoms with Crippen LogP contribution in [0, 0.1) is 6.92 Å². The van der Waals surface area contributed by atoms with Crippen LogP contribution < -0.4 is 5.32 Å². The standard InChI is InChI=1S/C22H15NO5/c1-11-5-7-13(8-6-11)23-22(28)12-9-15-19(17(25)10-12)21(27)18-14(20(15)26)3-2-4-16(18)24/h2-10,24-25H,1H3,(H,23,28). The van der Waals surface area contributed by atoms with Crippen molar-refractivity contribution in [2.45, 2.75) is 6.92 Å². The van der Waals surface area contributed by atoms with Gasteiger partial charge in [0.25, 0.3) is 5.91 Å². The highest BCUT2D eigenvalue weighted by atomic mass is 16.3. The van der Waals surface area contributed by atoms with Crippen LogP contribution >= 0.6 is 0 Å². The molecule has 1 aliphatic rings. The van der Waals surface area contributed by atoms with Crippen molar-refractivity contribution in [3.63, 3.8) is 0 Å². The number of rotatable bonds is 2. The number of ketones is 2. The number of phenolic OH excluding ortho intramolecular Hbond substituents is 2. The minimum absolute atomic E-state index is 0.0352. The van der Waals surface area contributed by atoms with Crippen LogP contribution in [-0.4, -0.2) is 27.7 Å². The van der Waals surface area contributed by atoms with E-state index in [1.165, 1.54) is 24.3 Å².